The molecule has 1 aromatic carbocycles. The lowest BCUT2D eigenvalue weighted by Gasteiger charge is -2.32. The number of thiazole rings is 1. The predicted molar refractivity (Wildman–Crippen MR) is 165 cm³/mol. The van der Waals surface area contributed by atoms with E-state index in [1.165, 1.54) is 5.56 Å². The van der Waals surface area contributed by atoms with Gasteiger partial charge in [-0.3, -0.25) is 19.3 Å². The van der Waals surface area contributed by atoms with Crippen LogP contribution in [0.15, 0.2) is 30.4 Å². The second-order valence-corrected chi connectivity index (χ2v) is 12.5. The molecule has 1 N–H and O–H groups in total. The van der Waals surface area contributed by atoms with E-state index in [4.69, 9.17) is 4.98 Å². The third-order valence-corrected chi connectivity index (χ3v) is 9.35. The maximum absolute atomic E-state index is 13.6. The summed E-state index contributed by atoms with van der Waals surface area (Å²) in [5.74, 6) is -0.248. The number of Topliss-reactive ketones (excluding diaryl/α,β-unsaturated/α-hetero) is 2. The lowest BCUT2D eigenvalue weighted by molar-refractivity contribution is -0.130. The fourth-order valence-electron chi connectivity index (χ4n) is 5.12. The van der Waals surface area contributed by atoms with E-state index in [-0.39, 0.29) is 35.9 Å². The molecule has 3 rings (SSSR count). The van der Waals surface area contributed by atoms with E-state index < -0.39 is 5.92 Å². The van der Waals surface area contributed by atoms with E-state index in [9.17, 15) is 14.4 Å². The Hall–Kier alpha value is -2.42. The highest BCUT2D eigenvalue weighted by molar-refractivity contribution is 7.18. The normalized spacial score (nSPS) is 16.9. The van der Waals surface area contributed by atoms with Crippen LogP contribution < -0.4 is 5.32 Å². The first kappa shape index (κ1) is 32.1. The van der Waals surface area contributed by atoms with Crippen LogP contribution in [0.25, 0.3) is 10.2 Å². The van der Waals surface area contributed by atoms with E-state index in [2.05, 4.69) is 61.6 Å². The predicted octanol–water partition coefficient (Wildman–Crippen LogP) is 5.07. The number of nitrogens with one attached hydrogen (secondary N) is 1. The molecule has 0 radical (unpaired) electrons. The number of aryl methyl sites for hydroxylation is 1. The molecule has 7 nitrogen and oxygen atoms in total. The highest BCUT2D eigenvalue weighted by Gasteiger charge is 2.28. The Kier molecular flexibility index (Phi) is 12.5. The summed E-state index contributed by atoms with van der Waals surface area (Å²) in [6.45, 7) is 16.8. The zero-order valence-corrected chi connectivity index (χ0v) is 25.9. The van der Waals surface area contributed by atoms with Gasteiger partial charge in [0.15, 0.2) is 5.78 Å². The maximum atomic E-state index is 13.6. The highest BCUT2D eigenvalue weighted by Crippen LogP contribution is 2.27. The standard InChI is InChI=1S/C32H48N4O3S/c1-7-22(4)27(12-13-29(38)23(5)21-36-16-14-35(6)15-17-36)34-32(39)25(19-26(37)9-3)20-31-33-28-11-10-24(8-2)18-30(28)40-31/h10-11,18,22,25,27H,5,7-9,12-17,19-21H2,1-4,6H3,(H,34,39)/t22-,25-,27+/m0/s1. The van der Waals surface area contributed by atoms with Crippen molar-refractivity contribution in [3.05, 3.63) is 40.9 Å². The van der Waals surface area contributed by atoms with Crippen molar-refractivity contribution in [2.75, 3.05) is 39.8 Å². The zero-order chi connectivity index (χ0) is 29.2. The van der Waals surface area contributed by atoms with Gasteiger partial charge in [-0.2, -0.15) is 0 Å². The second kappa shape index (κ2) is 15.5. The molecule has 1 aromatic heterocycles. The smallest absolute Gasteiger partial charge is 0.224 e. The van der Waals surface area contributed by atoms with Gasteiger partial charge in [0.1, 0.15) is 5.78 Å². The number of nitrogens with zero attached hydrogens (tertiary/aromatic N) is 3. The lowest BCUT2D eigenvalue weighted by atomic mass is 9.91. The molecule has 1 amide bonds. The maximum Gasteiger partial charge on any atom is 0.224 e. The number of carbonyl (C=O) groups is 3. The first-order valence-corrected chi connectivity index (χ1v) is 15.8. The van der Waals surface area contributed by atoms with Crippen LogP contribution in [0.5, 0.6) is 0 Å². The number of piperazine rings is 1. The number of carbonyl (C=O) groups excluding carboxylic acids is 3. The molecule has 0 spiro atoms. The van der Waals surface area contributed by atoms with Gasteiger partial charge in [0, 0.05) is 70.0 Å². The monoisotopic (exact) mass is 568 g/mol. The van der Waals surface area contributed by atoms with Crippen molar-refractivity contribution in [2.45, 2.75) is 78.7 Å². The Morgan fingerprint density at radius 3 is 2.50 bits per heavy atom. The van der Waals surface area contributed by atoms with Crippen LogP contribution in [-0.2, 0) is 27.2 Å². The Morgan fingerprint density at radius 2 is 1.85 bits per heavy atom. The van der Waals surface area contributed by atoms with Crippen LogP contribution in [0.4, 0.5) is 0 Å². The van der Waals surface area contributed by atoms with Crippen molar-refractivity contribution in [3.63, 3.8) is 0 Å². The number of rotatable bonds is 16. The minimum atomic E-state index is -0.479. The molecule has 0 aliphatic carbocycles. The van der Waals surface area contributed by atoms with E-state index in [1.54, 1.807) is 11.3 Å². The van der Waals surface area contributed by atoms with Crippen molar-refractivity contribution < 1.29 is 14.4 Å². The van der Waals surface area contributed by atoms with Gasteiger partial charge < -0.3 is 10.2 Å². The molecular formula is C32H48N4O3S. The zero-order valence-electron chi connectivity index (χ0n) is 25.1. The van der Waals surface area contributed by atoms with Crippen LogP contribution in [-0.4, -0.2) is 78.1 Å². The van der Waals surface area contributed by atoms with Crippen LogP contribution >= 0.6 is 11.3 Å². The minimum Gasteiger partial charge on any atom is -0.353 e. The summed E-state index contributed by atoms with van der Waals surface area (Å²) in [5.41, 5.74) is 2.84. The Bertz CT molecular complexity index is 1170. The van der Waals surface area contributed by atoms with E-state index >= 15 is 0 Å². The van der Waals surface area contributed by atoms with E-state index in [1.807, 2.05) is 13.0 Å². The number of amides is 1. The Labute approximate surface area is 244 Å². The third kappa shape index (κ3) is 9.32. The summed E-state index contributed by atoms with van der Waals surface area (Å²) < 4.78 is 1.11. The minimum absolute atomic E-state index is 0.0696. The Morgan fingerprint density at radius 1 is 1.12 bits per heavy atom. The second-order valence-electron chi connectivity index (χ2n) is 11.4. The largest absolute Gasteiger partial charge is 0.353 e. The van der Waals surface area contributed by atoms with Crippen molar-refractivity contribution >= 4 is 39.0 Å². The topological polar surface area (TPSA) is 82.6 Å². The molecule has 0 unspecified atom stereocenters. The number of aromatic nitrogens is 1. The fourth-order valence-corrected chi connectivity index (χ4v) is 6.23. The fraction of sp³-hybridized carbons (Fsp3) is 0.625. The molecule has 8 heteroatoms. The van der Waals surface area contributed by atoms with Crippen LogP contribution in [0.2, 0.25) is 0 Å². The number of benzene rings is 1. The van der Waals surface area contributed by atoms with Gasteiger partial charge in [0.2, 0.25) is 5.91 Å². The molecule has 220 valence electrons. The molecule has 40 heavy (non-hydrogen) atoms. The van der Waals surface area contributed by atoms with E-state index in [0.29, 0.717) is 37.8 Å². The third-order valence-electron chi connectivity index (χ3n) is 8.31. The summed E-state index contributed by atoms with van der Waals surface area (Å²) in [6, 6.07) is 6.15. The van der Waals surface area contributed by atoms with Crippen LogP contribution in [0.3, 0.4) is 0 Å². The molecule has 2 aromatic rings. The number of hydrogen-bond acceptors (Lipinski definition) is 7. The molecule has 2 heterocycles. The summed E-state index contributed by atoms with van der Waals surface area (Å²) in [6.07, 6.45) is 3.81. The molecule has 3 atom stereocenters. The van der Waals surface area contributed by atoms with Gasteiger partial charge in [-0.1, -0.05) is 46.8 Å². The van der Waals surface area contributed by atoms with Crippen molar-refractivity contribution in [1.29, 1.82) is 0 Å². The van der Waals surface area contributed by atoms with Crippen LogP contribution in [0.1, 0.15) is 70.4 Å². The first-order chi connectivity index (χ1) is 19.1. The molecule has 1 aliphatic heterocycles. The quantitative estimate of drug-likeness (QED) is 0.285. The molecule has 1 saturated heterocycles. The van der Waals surface area contributed by atoms with Crippen LogP contribution in [0, 0.1) is 11.8 Å². The van der Waals surface area contributed by atoms with Gasteiger partial charge in [-0.05, 0) is 43.5 Å². The van der Waals surface area contributed by atoms with Gasteiger partial charge in [0.25, 0.3) is 0 Å². The van der Waals surface area contributed by atoms with Crippen molar-refractivity contribution in [2.24, 2.45) is 11.8 Å². The van der Waals surface area contributed by atoms with E-state index in [0.717, 1.165) is 54.2 Å². The molecule has 1 aliphatic rings. The number of hydrogen-bond donors (Lipinski definition) is 1. The molecule has 1 fully saturated rings. The number of ketones is 2. The average Bonchev–Trinajstić information content (AvgIpc) is 3.36. The van der Waals surface area contributed by atoms with Gasteiger partial charge in [0.05, 0.1) is 21.1 Å². The summed E-state index contributed by atoms with van der Waals surface area (Å²) in [7, 11) is 2.12. The summed E-state index contributed by atoms with van der Waals surface area (Å²) in [4.78, 5) is 48.4. The van der Waals surface area contributed by atoms with Gasteiger partial charge >= 0.3 is 0 Å². The SMILES string of the molecule is C=C(CN1CCN(C)CC1)C(=O)CC[C@@H](NC(=O)[C@@H](CC(=O)CC)Cc1nc2ccc(CC)cc2s1)[C@@H](C)CC. The van der Waals surface area contributed by atoms with Crippen molar-refractivity contribution in [3.8, 4) is 0 Å². The number of fused-ring (bicyclic) bond motifs is 1. The van der Waals surface area contributed by atoms with Gasteiger partial charge in [-0.15, -0.1) is 11.3 Å². The molecule has 0 bridgehead atoms. The first-order valence-electron chi connectivity index (χ1n) is 15.0. The number of likely N-dealkylation sites (N-methyl/N-ethyl adjacent to an activating group) is 1. The van der Waals surface area contributed by atoms with Gasteiger partial charge in [-0.25, -0.2) is 4.98 Å². The molecular weight excluding hydrogens is 520 g/mol. The highest BCUT2D eigenvalue weighted by atomic mass is 32.1. The Balaban J connectivity index is 1.64. The summed E-state index contributed by atoms with van der Waals surface area (Å²) in [5, 5.41) is 4.12. The van der Waals surface area contributed by atoms with Crippen molar-refractivity contribution in [1.82, 2.24) is 20.1 Å². The average molecular weight is 569 g/mol. The summed E-state index contributed by atoms with van der Waals surface area (Å²) >= 11 is 1.61. The molecule has 0 saturated carbocycles. The lowest BCUT2D eigenvalue weighted by Crippen LogP contribution is -2.45.